The van der Waals surface area contributed by atoms with Crippen molar-refractivity contribution in [2.24, 2.45) is 0 Å². The van der Waals surface area contributed by atoms with Crippen LogP contribution in [0.4, 0.5) is 17.3 Å². The molecule has 3 aromatic carbocycles. The van der Waals surface area contributed by atoms with Crippen LogP contribution in [-0.4, -0.2) is 27.5 Å². The molecule has 0 saturated carbocycles. The first-order valence-electron chi connectivity index (χ1n) is 10.6. The van der Waals surface area contributed by atoms with Crippen LogP contribution in [0, 0.1) is 10.1 Å². The molecule has 9 heteroatoms. The number of ether oxygens (including phenoxy) is 1. The van der Waals surface area contributed by atoms with E-state index in [0.717, 1.165) is 16.6 Å². The number of nitro groups is 1. The van der Waals surface area contributed by atoms with E-state index in [1.54, 1.807) is 31.4 Å². The summed E-state index contributed by atoms with van der Waals surface area (Å²) in [5.74, 6) is 0.815. The average molecular weight is 455 g/mol. The van der Waals surface area contributed by atoms with E-state index in [1.807, 2.05) is 47.9 Å². The Kier molecular flexibility index (Phi) is 5.21. The van der Waals surface area contributed by atoms with Crippen molar-refractivity contribution in [3.63, 3.8) is 0 Å². The van der Waals surface area contributed by atoms with E-state index < -0.39 is 11.0 Å². The number of nitro benzene ring substituents is 1. The number of allylic oxidation sites excluding steroid dienone is 1. The fourth-order valence-corrected chi connectivity index (χ4v) is 4.29. The zero-order valence-corrected chi connectivity index (χ0v) is 18.5. The van der Waals surface area contributed by atoms with E-state index in [9.17, 15) is 14.9 Å². The number of carbonyl (C=O) groups excluding carboxylic acids is 1. The van der Waals surface area contributed by atoms with Gasteiger partial charge in [-0.05, 0) is 48.9 Å². The molecule has 34 heavy (non-hydrogen) atoms. The minimum atomic E-state index is -0.556. The summed E-state index contributed by atoms with van der Waals surface area (Å²) in [4.78, 5) is 29.1. The number of non-ortho nitro benzene ring substituents is 1. The number of hydrogen-bond acceptors (Lipinski definition) is 6. The Balaban J connectivity index is 1.65. The summed E-state index contributed by atoms with van der Waals surface area (Å²) in [5.41, 5.74) is 3.96. The largest absolute Gasteiger partial charge is 0.495 e. The van der Waals surface area contributed by atoms with E-state index in [1.165, 1.54) is 12.1 Å². The van der Waals surface area contributed by atoms with Crippen LogP contribution in [0.3, 0.4) is 0 Å². The van der Waals surface area contributed by atoms with Gasteiger partial charge >= 0.3 is 0 Å². The molecule has 0 aliphatic carbocycles. The van der Waals surface area contributed by atoms with Gasteiger partial charge in [-0.15, -0.1) is 0 Å². The summed E-state index contributed by atoms with van der Waals surface area (Å²) in [5, 5.41) is 17.4. The fourth-order valence-electron chi connectivity index (χ4n) is 4.29. The molecule has 0 unspecified atom stereocenters. The molecule has 0 spiro atoms. The van der Waals surface area contributed by atoms with Crippen LogP contribution in [-0.2, 0) is 4.79 Å². The monoisotopic (exact) mass is 455 g/mol. The Morgan fingerprint density at radius 1 is 1.09 bits per heavy atom. The third kappa shape index (κ3) is 3.53. The maximum atomic E-state index is 13.7. The molecule has 170 valence electrons. The Hall–Kier alpha value is -4.66. The van der Waals surface area contributed by atoms with Gasteiger partial charge in [0.1, 0.15) is 5.75 Å². The highest BCUT2D eigenvalue weighted by atomic mass is 16.6. The lowest BCUT2D eigenvalue weighted by molar-refractivity contribution is -0.384. The lowest BCUT2D eigenvalue weighted by Gasteiger charge is -2.30. The maximum absolute atomic E-state index is 13.7. The van der Waals surface area contributed by atoms with Crippen molar-refractivity contribution in [2.45, 2.75) is 13.0 Å². The van der Waals surface area contributed by atoms with Crippen molar-refractivity contribution in [3.8, 4) is 5.75 Å². The number of benzene rings is 3. The van der Waals surface area contributed by atoms with Crippen molar-refractivity contribution >= 4 is 34.3 Å². The number of rotatable bonds is 5. The number of carbonyl (C=O) groups is 1. The number of imidazole rings is 1. The summed E-state index contributed by atoms with van der Waals surface area (Å²) in [7, 11) is 1.54. The Morgan fingerprint density at radius 3 is 2.53 bits per heavy atom. The zero-order chi connectivity index (χ0) is 23.8. The van der Waals surface area contributed by atoms with E-state index in [0.29, 0.717) is 28.7 Å². The smallest absolute Gasteiger partial charge is 0.269 e. The van der Waals surface area contributed by atoms with E-state index in [2.05, 4.69) is 15.6 Å². The maximum Gasteiger partial charge on any atom is 0.269 e. The molecular weight excluding hydrogens is 434 g/mol. The number of hydrogen-bond donors (Lipinski definition) is 2. The predicted molar refractivity (Wildman–Crippen MR) is 129 cm³/mol. The average Bonchev–Trinajstić information content (AvgIpc) is 3.21. The quantitative estimate of drug-likeness (QED) is 0.328. The van der Waals surface area contributed by atoms with Gasteiger partial charge in [-0.3, -0.25) is 19.5 Å². The van der Waals surface area contributed by atoms with Gasteiger partial charge in [-0.25, -0.2) is 4.98 Å². The molecule has 0 saturated heterocycles. The minimum absolute atomic E-state index is 0.0193. The van der Waals surface area contributed by atoms with Gasteiger partial charge in [0.25, 0.3) is 11.6 Å². The van der Waals surface area contributed by atoms with E-state index in [-0.39, 0.29) is 11.6 Å². The third-order valence-electron chi connectivity index (χ3n) is 5.85. The molecule has 0 fully saturated rings. The zero-order valence-electron chi connectivity index (χ0n) is 18.5. The van der Waals surface area contributed by atoms with Gasteiger partial charge < -0.3 is 15.4 Å². The second kappa shape index (κ2) is 8.36. The van der Waals surface area contributed by atoms with Crippen LogP contribution in [0.15, 0.2) is 84.1 Å². The van der Waals surface area contributed by atoms with E-state index in [4.69, 9.17) is 4.74 Å². The number of amides is 1. The highest BCUT2D eigenvalue weighted by Gasteiger charge is 2.34. The van der Waals surface area contributed by atoms with Crippen LogP contribution < -0.4 is 15.4 Å². The topological polar surface area (TPSA) is 111 Å². The first kappa shape index (κ1) is 21.2. The molecule has 4 aromatic rings. The molecule has 9 nitrogen and oxygen atoms in total. The lowest BCUT2D eigenvalue weighted by atomic mass is 9.94. The molecule has 5 rings (SSSR count). The van der Waals surface area contributed by atoms with Crippen molar-refractivity contribution in [3.05, 3.63) is 99.7 Å². The SMILES string of the molecule is COc1ccccc1NC(=O)C1=C(C)Nc2nc3ccccc3n2[C@@H]1c1ccc([N+](=O)[O-])cc1. The van der Waals surface area contributed by atoms with Gasteiger partial charge in [0.2, 0.25) is 5.95 Å². The molecule has 0 bridgehead atoms. The lowest BCUT2D eigenvalue weighted by Crippen LogP contribution is -2.31. The van der Waals surface area contributed by atoms with Crippen LogP contribution >= 0.6 is 0 Å². The third-order valence-corrected chi connectivity index (χ3v) is 5.85. The summed E-state index contributed by atoms with van der Waals surface area (Å²) in [6.45, 7) is 1.82. The number of anilines is 2. The Labute approximate surface area is 194 Å². The number of fused-ring (bicyclic) bond motifs is 3. The van der Waals surface area contributed by atoms with Crippen LogP contribution in [0.5, 0.6) is 5.75 Å². The first-order valence-corrected chi connectivity index (χ1v) is 10.6. The van der Waals surface area contributed by atoms with Crippen LogP contribution in [0.1, 0.15) is 18.5 Å². The highest BCUT2D eigenvalue weighted by molar-refractivity contribution is 6.07. The summed E-state index contributed by atoms with van der Waals surface area (Å²) >= 11 is 0. The molecule has 2 N–H and O–H groups in total. The van der Waals surface area contributed by atoms with Crippen molar-refractivity contribution in [2.75, 3.05) is 17.7 Å². The number of nitrogens with zero attached hydrogens (tertiary/aromatic N) is 3. The molecule has 0 radical (unpaired) electrons. The molecule has 2 heterocycles. The van der Waals surface area contributed by atoms with E-state index >= 15 is 0 Å². The second-order valence-electron chi connectivity index (χ2n) is 7.86. The number of aromatic nitrogens is 2. The van der Waals surface area contributed by atoms with Crippen molar-refractivity contribution < 1.29 is 14.5 Å². The van der Waals surface area contributed by atoms with Crippen LogP contribution in [0.2, 0.25) is 0 Å². The van der Waals surface area contributed by atoms with Gasteiger partial charge in [-0.2, -0.15) is 0 Å². The van der Waals surface area contributed by atoms with Gasteiger partial charge in [0.05, 0.1) is 40.4 Å². The molecule has 1 aliphatic heterocycles. The first-order chi connectivity index (χ1) is 16.5. The van der Waals surface area contributed by atoms with Crippen LogP contribution in [0.25, 0.3) is 11.0 Å². The molecule has 1 aliphatic rings. The summed E-state index contributed by atoms with van der Waals surface area (Å²) in [6, 6.07) is 20.5. The number of para-hydroxylation sites is 4. The van der Waals surface area contributed by atoms with Crippen molar-refractivity contribution in [1.29, 1.82) is 0 Å². The normalized spacial score (nSPS) is 14.9. The summed E-state index contributed by atoms with van der Waals surface area (Å²) < 4.78 is 7.33. The predicted octanol–water partition coefficient (Wildman–Crippen LogP) is 4.88. The molecule has 1 atom stereocenters. The molecule has 1 amide bonds. The summed E-state index contributed by atoms with van der Waals surface area (Å²) in [6.07, 6.45) is 0. The number of methoxy groups -OCH3 is 1. The fraction of sp³-hybridized carbons (Fsp3) is 0.120. The van der Waals surface area contributed by atoms with Gasteiger partial charge in [0, 0.05) is 17.8 Å². The van der Waals surface area contributed by atoms with Gasteiger partial charge in [-0.1, -0.05) is 24.3 Å². The number of nitrogens with one attached hydrogen (secondary N) is 2. The van der Waals surface area contributed by atoms with Crippen molar-refractivity contribution in [1.82, 2.24) is 9.55 Å². The molecular formula is C25H21N5O4. The van der Waals surface area contributed by atoms with Gasteiger partial charge in [0.15, 0.2) is 0 Å². The second-order valence-corrected chi connectivity index (χ2v) is 7.86. The molecule has 1 aromatic heterocycles. The minimum Gasteiger partial charge on any atom is -0.495 e. The standard InChI is InChI=1S/C25H21N5O4/c1-15-22(24(31)27-19-8-4-6-10-21(19)34-2)23(16-11-13-17(14-12-16)30(32)33)29-20-9-5-3-7-18(20)28-25(29)26-15/h3-14,23H,1-2H3,(H,26,28)(H,27,31)/t23-/m1/s1. The Bertz CT molecular complexity index is 1460. The Morgan fingerprint density at radius 2 is 1.79 bits per heavy atom. The highest BCUT2D eigenvalue weighted by Crippen LogP contribution is 2.40.